The maximum Gasteiger partial charge on any atom is 0.267 e. The van der Waals surface area contributed by atoms with E-state index in [0.717, 1.165) is 4.31 Å². The summed E-state index contributed by atoms with van der Waals surface area (Å²) in [4.78, 5) is 12.6. The van der Waals surface area contributed by atoms with Crippen molar-refractivity contribution in [3.05, 3.63) is 54.3 Å². The third-order valence-corrected chi connectivity index (χ3v) is 5.45. The summed E-state index contributed by atoms with van der Waals surface area (Å²) >= 11 is 0. The molecule has 6 nitrogen and oxygen atoms in total. The van der Waals surface area contributed by atoms with Gasteiger partial charge in [0, 0.05) is 19.8 Å². The van der Waals surface area contributed by atoms with Gasteiger partial charge in [0.05, 0.1) is 4.90 Å². The van der Waals surface area contributed by atoms with E-state index >= 15 is 0 Å². The van der Waals surface area contributed by atoms with E-state index in [1.54, 1.807) is 13.8 Å². The van der Waals surface area contributed by atoms with Crippen LogP contribution >= 0.6 is 0 Å². The number of rotatable bonds is 6. The summed E-state index contributed by atoms with van der Waals surface area (Å²) in [6.45, 7) is 3.16. The number of hydrogen-bond acceptors (Lipinski definition) is 4. The number of nitrogens with zero attached hydrogens (tertiary/aromatic N) is 1. The Morgan fingerprint density at radius 3 is 2.08 bits per heavy atom. The number of halogens is 1. The molecule has 1 amide bonds. The van der Waals surface area contributed by atoms with Gasteiger partial charge in [-0.05, 0) is 62.4 Å². The van der Waals surface area contributed by atoms with E-state index in [2.05, 4.69) is 5.32 Å². The lowest BCUT2D eigenvalue weighted by Gasteiger charge is -2.25. The zero-order valence-electron chi connectivity index (χ0n) is 15.0. The van der Waals surface area contributed by atoms with Crippen LogP contribution in [-0.2, 0) is 14.8 Å². The van der Waals surface area contributed by atoms with Gasteiger partial charge in [-0.3, -0.25) is 4.79 Å². The first kappa shape index (κ1) is 19.9. The molecule has 0 atom stereocenters. The number of hydrogen-bond donors (Lipinski definition) is 1. The van der Waals surface area contributed by atoms with E-state index in [0.29, 0.717) is 11.4 Å². The molecule has 0 heterocycles. The molecule has 0 aliphatic carbocycles. The van der Waals surface area contributed by atoms with Crippen molar-refractivity contribution in [3.63, 3.8) is 0 Å². The quantitative estimate of drug-likeness (QED) is 0.836. The van der Waals surface area contributed by atoms with E-state index in [4.69, 9.17) is 4.74 Å². The molecule has 140 valence electrons. The van der Waals surface area contributed by atoms with Crippen LogP contribution in [0.2, 0.25) is 0 Å². The maximum absolute atomic E-state index is 13.0. The van der Waals surface area contributed by atoms with Crippen LogP contribution in [-0.4, -0.2) is 38.3 Å². The predicted octanol–water partition coefficient (Wildman–Crippen LogP) is 2.87. The Bertz CT molecular complexity index is 876. The summed E-state index contributed by atoms with van der Waals surface area (Å²) < 4.78 is 43.8. The fourth-order valence-corrected chi connectivity index (χ4v) is 2.95. The average Bonchev–Trinajstić information content (AvgIpc) is 2.57. The fourth-order valence-electron chi connectivity index (χ4n) is 2.05. The van der Waals surface area contributed by atoms with E-state index in [-0.39, 0.29) is 4.90 Å². The first-order chi connectivity index (χ1) is 12.0. The van der Waals surface area contributed by atoms with Crippen LogP contribution in [0.5, 0.6) is 5.75 Å². The highest BCUT2D eigenvalue weighted by molar-refractivity contribution is 7.89. The van der Waals surface area contributed by atoms with Gasteiger partial charge in [-0.2, -0.15) is 0 Å². The standard InChI is InChI=1S/C18H21FN2O4S/c1-18(2,25-15-9-5-13(19)6-10-15)17(22)20-14-7-11-16(12-8-14)26(23,24)21(3)4/h5-12H,1-4H3,(H,20,22). The molecule has 0 aliphatic rings. The zero-order chi connectivity index (χ0) is 19.5. The molecule has 0 unspecified atom stereocenters. The highest BCUT2D eigenvalue weighted by atomic mass is 32.2. The molecule has 8 heteroatoms. The molecule has 0 fully saturated rings. The second kappa shape index (κ2) is 7.43. The number of amides is 1. The van der Waals surface area contributed by atoms with Gasteiger partial charge in [0.25, 0.3) is 5.91 Å². The molecule has 0 aliphatic heterocycles. The summed E-state index contributed by atoms with van der Waals surface area (Å²) in [6, 6.07) is 11.2. The molecule has 0 saturated heterocycles. The monoisotopic (exact) mass is 380 g/mol. The van der Waals surface area contributed by atoms with Crippen molar-refractivity contribution in [3.8, 4) is 5.75 Å². The zero-order valence-corrected chi connectivity index (χ0v) is 15.8. The first-order valence-electron chi connectivity index (χ1n) is 7.81. The van der Waals surface area contributed by atoms with Gasteiger partial charge in [0.2, 0.25) is 10.0 Å². The topological polar surface area (TPSA) is 75.7 Å². The highest BCUT2D eigenvalue weighted by Gasteiger charge is 2.30. The Morgan fingerprint density at radius 1 is 1.04 bits per heavy atom. The smallest absolute Gasteiger partial charge is 0.267 e. The summed E-state index contributed by atoms with van der Waals surface area (Å²) in [5.74, 6) is -0.462. The minimum atomic E-state index is -3.53. The van der Waals surface area contributed by atoms with Gasteiger partial charge in [-0.25, -0.2) is 17.1 Å². The third-order valence-electron chi connectivity index (χ3n) is 3.62. The number of ether oxygens (including phenoxy) is 1. The summed E-state index contributed by atoms with van der Waals surface area (Å²) in [5.41, 5.74) is -0.782. The molecule has 0 aromatic heterocycles. The van der Waals surface area contributed by atoms with Crippen LogP contribution in [0.4, 0.5) is 10.1 Å². The number of sulfonamides is 1. The average molecular weight is 380 g/mol. The Balaban J connectivity index is 2.09. The van der Waals surface area contributed by atoms with Crippen molar-refractivity contribution in [2.24, 2.45) is 0 Å². The Labute approximate surface area is 152 Å². The van der Waals surface area contributed by atoms with Crippen LogP contribution < -0.4 is 10.1 Å². The number of carbonyl (C=O) groups excluding carboxylic acids is 1. The van der Waals surface area contributed by atoms with Gasteiger partial charge in [0.1, 0.15) is 11.6 Å². The molecule has 2 rings (SSSR count). The summed E-state index contributed by atoms with van der Waals surface area (Å²) in [6.07, 6.45) is 0. The molecule has 1 N–H and O–H groups in total. The van der Waals surface area contributed by atoms with Crippen molar-refractivity contribution in [2.45, 2.75) is 24.3 Å². The lowest BCUT2D eigenvalue weighted by atomic mass is 10.1. The van der Waals surface area contributed by atoms with E-state index in [1.165, 1.54) is 62.6 Å². The van der Waals surface area contributed by atoms with Crippen LogP contribution in [0.15, 0.2) is 53.4 Å². The largest absolute Gasteiger partial charge is 0.478 e. The molecule has 2 aromatic rings. The predicted molar refractivity (Wildman–Crippen MR) is 97.1 cm³/mol. The van der Waals surface area contributed by atoms with Crippen molar-refractivity contribution in [2.75, 3.05) is 19.4 Å². The minimum absolute atomic E-state index is 0.127. The van der Waals surface area contributed by atoms with Crippen LogP contribution in [0.3, 0.4) is 0 Å². The number of anilines is 1. The lowest BCUT2D eigenvalue weighted by Crippen LogP contribution is -2.42. The van der Waals surface area contributed by atoms with Crippen molar-refractivity contribution in [1.29, 1.82) is 0 Å². The number of nitrogens with one attached hydrogen (secondary N) is 1. The Morgan fingerprint density at radius 2 is 1.58 bits per heavy atom. The molecule has 0 saturated carbocycles. The first-order valence-corrected chi connectivity index (χ1v) is 9.25. The molecular weight excluding hydrogens is 359 g/mol. The van der Waals surface area contributed by atoms with Gasteiger partial charge >= 0.3 is 0 Å². The Kier molecular flexibility index (Phi) is 5.68. The van der Waals surface area contributed by atoms with E-state index in [9.17, 15) is 17.6 Å². The van der Waals surface area contributed by atoms with Crippen molar-refractivity contribution < 1.29 is 22.3 Å². The van der Waals surface area contributed by atoms with Crippen LogP contribution in [0, 0.1) is 5.82 Å². The third kappa shape index (κ3) is 4.59. The number of carbonyl (C=O) groups is 1. The van der Waals surface area contributed by atoms with Crippen LogP contribution in [0.25, 0.3) is 0 Å². The molecule has 26 heavy (non-hydrogen) atoms. The molecule has 0 bridgehead atoms. The molecule has 0 spiro atoms. The maximum atomic E-state index is 13.0. The van der Waals surface area contributed by atoms with Crippen molar-refractivity contribution >= 4 is 21.6 Å². The molecule has 0 radical (unpaired) electrons. The van der Waals surface area contributed by atoms with E-state index in [1.807, 2.05) is 0 Å². The normalized spacial score (nSPS) is 12.1. The molecular formula is C18H21FN2O4S. The minimum Gasteiger partial charge on any atom is -0.478 e. The fraction of sp³-hybridized carbons (Fsp3) is 0.278. The second-order valence-corrected chi connectivity index (χ2v) is 8.48. The van der Waals surface area contributed by atoms with Gasteiger partial charge in [-0.1, -0.05) is 0 Å². The molecule has 2 aromatic carbocycles. The van der Waals surface area contributed by atoms with E-state index < -0.39 is 27.3 Å². The summed E-state index contributed by atoms with van der Waals surface area (Å²) in [7, 11) is -0.640. The SMILES string of the molecule is CN(C)S(=O)(=O)c1ccc(NC(=O)C(C)(C)Oc2ccc(F)cc2)cc1. The number of benzene rings is 2. The highest BCUT2D eigenvalue weighted by Crippen LogP contribution is 2.22. The Hall–Kier alpha value is -2.45. The van der Waals surface area contributed by atoms with Gasteiger partial charge in [-0.15, -0.1) is 0 Å². The van der Waals surface area contributed by atoms with Gasteiger partial charge in [0.15, 0.2) is 5.60 Å². The summed E-state index contributed by atoms with van der Waals surface area (Å²) in [5, 5.41) is 2.68. The second-order valence-electron chi connectivity index (χ2n) is 6.33. The lowest BCUT2D eigenvalue weighted by molar-refractivity contribution is -0.128. The van der Waals surface area contributed by atoms with Gasteiger partial charge < -0.3 is 10.1 Å². The van der Waals surface area contributed by atoms with Crippen LogP contribution in [0.1, 0.15) is 13.8 Å². The van der Waals surface area contributed by atoms with Crippen molar-refractivity contribution in [1.82, 2.24) is 4.31 Å².